The molecule has 0 saturated carbocycles. The molecule has 0 spiro atoms. The number of hydrogen-bond acceptors (Lipinski definition) is 5. The molecule has 0 radical (unpaired) electrons. The van der Waals surface area contributed by atoms with E-state index in [1.807, 2.05) is 0 Å². The number of rotatable bonds is 5. The second-order valence-electron chi connectivity index (χ2n) is 5.81. The number of carboxylic acid groups (broad SMARTS) is 1. The van der Waals surface area contributed by atoms with Gasteiger partial charge in [0.2, 0.25) is 5.95 Å². The van der Waals surface area contributed by atoms with Crippen molar-refractivity contribution in [1.29, 1.82) is 0 Å². The maximum atomic E-state index is 12.5. The van der Waals surface area contributed by atoms with E-state index >= 15 is 0 Å². The molecule has 0 aliphatic heterocycles. The number of fused-ring (bicyclic) bond motifs is 1. The highest BCUT2D eigenvalue weighted by Gasteiger charge is 2.21. The zero-order valence-corrected chi connectivity index (χ0v) is 16.8. The standard InChI is InChI=1S/C17H15BrN4O4S/c1-21(9-15(23)24)16(25)10-3-4-12-13(5-10)22(8-14(12)27(2)26)17-19-6-11(18)7-20-17/h3-8H,9H2,1-2H3,(H,23,24). The van der Waals surface area contributed by atoms with Gasteiger partial charge in [-0.25, -0.2) is 9.97 Å². The van der Waals surface area contributed by atoms with Crippen LogP contribution in [-0.4, -0.2) is 60.8 Å². The van der Waals surface area contributed by atoms with E-state index in [1.54, 1.807) is 47.6 Å². The number of aliphatic carboxylic acids is 1. The van der Waals surface area contributed by atoms with Crippen molar-refractivity contribution in [3.05, 3.63) is 46.8 Å². The van der Waals surface area contributed by atoms with Crippen LogP contribution < -0.4 is 0 Å². The molecule has 3 rings (SSSR count). The third kappa shape index (κ3) is 3.97. The van der Waals surface area contributed by atoms with Gasteiger partial charge in [-0.3, -0.25) is 14.2 Å². The number of carboxylic acids is 1. The van der Waals surface area contributed by atoms with E-state index in [4.69, 9.17) is 5.11 Å². The zero-order valence-electron chi connectivity index (χ0n) is 14.4. The maximum absolute atomic E-state index is 12.5. The van der Waals surface area contributed by atoms with Gasteiger partial charge in [-0.05, 0) is 45.3 Å². The molecular formula is C17H15BrN4O4S. The molecule has 2 heterocycles. The SMILES string of the molecule is CN(CC(=O)O)C(=O)c1ccc2c([S+](C)[O-])cn(-c3ncc(Br)cn3)c2c1. The molecule has 0 aliphatic rings. The van der Waals surface area contributed by atoms with Crippen molar-refractivity contribution in [1.82, 2.24) is 19.4 Å². The number of amides is 1. The van der Waals surface area contributed by atoms with Gasteiger partial charge >= 0.3 is 5.97 Å². The summed E-state index contributed by atoms with van der Waals surface area (Å²) in [6, 6.07) is 4.91. The largest absolute Gasteiger partial charge is 0.612 e. The van der Waals surface area contributed by atoms with Gasteiger partial charge in [-0.15, -0.1) is 0 Å². The minimum atomic E-state index is -1.25. The van der Waals surface area contributed by atoms with Crippen LogP contribution in [0.3, 0.4) is 0 Å². The fourth-order valence-electron chi connectivity index (χ4n) is 2.65. The van der Waals surface area contributed by atoms with Crippen molar-refractivity contribution < 1.29 is 19.2 Å². The summed E-state index contributed by atoms with van der Waals surface area (Å²) in [6.45, 7) is -0.405. The molecule has 1 atom stereocenters. The Kier molecular flexibility index (Phi) is 5.49. The van der Waals surface area contributed by atoms with Crippen molar-refractivity contribution in [2.24, 2.45) is 0 Å². The van der Waals surface area contributed by atoms with Crippen molar-refractivity contribution in [2.75, 3.05) is 19.8 Å². The zero-order chi connectivity index (χ0) is 19.7. The van der Waals surface area contributed by atoms with E-state index in [2.05, 4.69) is 25.9 Å². The molecule has 140 valence electrons. The first-order valence-electron chi connectivity index (χ1n) is 7.71. The number of benzene rings is 1. The third-order valence-electron chi connectivity index (χ3n) is 3.87. The molecule has 1 unspecified atom stereocenters. The van der Waals surface area contributed by atoms with Gasteiger partial charge in [-0.1, -0.05) is 0 Å². The van der Waals surface area contributed by atoms with Gasteiger partial charge in [0.05, 0.1) is 21.6 Å². The van der Waals surface area contributed by atoms with E-state index in [0.29, 0.717) is 31.8 Å². The summed E-state index contributed by atoms with van der Waals surface area (Å²) < 4.78 is 14.5. The topological polar surface area (TPSA) is 111 Å². The van der Waals surface area contributed by atoms with Gasteiger partial charge in [-0.2, -0.15) is 0 Å². The normalized spacial score (nSPS) is 12.1. The Bertz CT molecular complexity index is 1020. The number of nitrogens with zero attached hydrogens (tertiary/aromatic N) is 4. The average Bonchev–Trinajstić information content (AvgIpc) is 3.00. The first-order valence-corrected chi connectivity index (χ1v) is 10.1. The smallest absolute Gasteiger partial charge is 0.323 e. The predicted molar refractivity (Wildman–Crippen MR) is 103 cm³/mol. The Hall–Kier alpha value is -2.43. The highest BCUT2D eigenvalue weighted by Crippen LogP contribution is 2.28. The summed E-state index contributed by atoms with van der Waals surface area (Å²) in [4.78, 5) is 33.6. The minimum Gasteiger partial charge on any atom is -0.612 e. The fourth-order valence-corrected chi connectivity index (χ4v) is 3.59. The molecule has 0 saturated heterocycles. The molecule has 10 heteroatoms. The molecule has 27 heavy (non-hydrogen) atoms. The number of carbonyl (C=O) groups excluding carboxylic acids is 1. The van der Waals surface area contributed by atoms with Crippen molar-refractivity contribution in [2.45, 2.75) is 4.90 Å². The van der Waals surface area contributed by atoms with Crippen LogP contribution in [0.4, 0.5) is 0 Å². The first-order chi connectivity index (χ1) is 12.8. The molecule has 0 bridgehead atoms. The van der Waals surface area contributed by atoms with Gasteiger partial charge < -0.3 is 14.6 Å². The van der Waals surface area contributed by atoms with Gasteiger partial charge in [0, 0.05) is 25.0 Å². The lowest BCUT2D eigenvalue weighted by atomic mass is 10.1. The van der Waals surface area contributed by atoms with Crippen LogP contribution >= 0.6 is 15.9 Å². The van der Waals surface area contributed by atoms with Crippen LogP contribution in [0.2, 0.25) is 0 Å². The summed E-state index contributed by atoms with van der Waals surface area (Å²) >= 11 is 2.03. The molecule has 1 amide bonds. The van der Waals surface area contributed by atoms with E-state index in [1.165, 1.54) is 7.05 Å². The molecule has 1 N–H and O–H groups in total. The molecule has 3 aromatic rings. The Labute approximate surface area is 166 Å². The van der Waals surface area contributed by atoms with Gasteiger partial charge in [0.15, 0.2) is 4.90 Å². The number of halogens is 1. The van der Waals surface area contributed by atoms with Crippen molar-refractivity contribution >= 4 is 49.9 Å². The molecule has 0 aliphatic carbocycles. The minimum absolute atomic E-state index is 0.316. The third-order valence-corrected chi connectivity index (χ3v) is 5.22. The first kappa shape index (κ1) is 19.3. The fraction of sp³-hybridized carbons (Fsp3) is 0.176. The average molecular weight is 451 g/mol. The van der Waals surface area contributed by atoms with Crippen LogP contribution in [-0.2, 0) is 16.0 Å². The lowest BCUT2D eigenvalue weighted by molar-refractivity contribution is -0.137. The summed E-state index contributed by atoms with van der Waals surface area (Å²) in [5, 5.41) is 9.59. The summed E-state index contributed by atoms with van der Waals surface area (Å²) in [7, 11) is 1.42. The van der Waals surface area contributed by atoms with Crippen LogP contribution in [0, 0.1) is 0 Å². The molecule has 0 fully saturated rings. The molecular weight excluding hydrogens is 436 g/mol. The lowest BCUT2D eigenvalue weighted by Gasteiger charge is -2.14. The Morgan fingerprint density at radius 1 is 1.33 bits per heavy atom. The number of carbonyl (C=O) groups is 2. The second kappa shape index (κ2) is 7.67. The highest BCUT2D eigenvalue weighted by atomic mass is 79.9. The van der Waals surface area contributed by atoms with Gasteiger partial charge in [0.25, 0.3) is 5.91 Å². The number of aromatic nitrogens is 3. The maximum Gasteiger partial charge on any atom is 0.323 e. The van der Waals surface area contributed by atoms with Crippen LogP contribution in [0.25, 0.3) is 16.9 Å². The summed E-state index contributed by atoms with van der Waals surface area (Å²) in [6.07, 6.45) is 6.43. The lowest BCUT2D eigenvalue weighted by Crippen LogP contribution is -2.31. The quantitative estimate of drug-likeness (QED) is 0.595. The summed E-state index contributed by atoms with van der Waals surface area (Å²) in [5.74, 6) is -1.16. The Balaban J connectivity index is 2.13. The summed E-state index contributed by atoms with van der Waals surface area (Å²) in [5.41, 5.74) is 0.924. The predicted octanol–water partition coefficient (Wildman–Crippen LogP) is 2.08. The van der Waals surface area contributed by atoms with Crippen LogP contribution in [0.5, 0.6) is 0 Å². The highest BCUT2D eigenvalue weighted by molar-refractivity contribution is 9.10. The Morgan fingerprint density at radius 3 is 2.59 bits per heavy atom. The van der Waals surface area contributed by atoms with E-state index < -0.39 is 29.6 Å². The van der Waals surface area contributed by atoms with Crippen molar-refractivity contribution in [3.63, 3.8) is 0 Å². The number of likely N-dealkylation sites (N-methyl/N-ethyl adjacent to an activating group) is 1. The molecule has 1 aromatic carbocycles. The van der Waals surface area contributed by atoms with E-state index in [0.717, 1.165) is 4.90 Å². The van der Waals surface area contributed by atoms with Crippen LogP contribution in [0.1, 0.15) is 10.4 Å². The number of hydrogen-bond donors (Lipinski definition) is 1. The molecule has 8 nitrogen and oxygen atoms in total. The van der Waals surface area contributed by atoms with Gasteiger partial charge in [0.1, 0.15) is 12.8 Å². The van der Waals surface area contributed by atoms with E-state index in [9.17, 15) is 14.1 Å². The Morgan fingerprint density at radius 2 is 2.00 bits per heavy atom. The van der Waals surface area contributed by atoms with E-state index in [-0.39, 0.29) is 0 Å². The monoisotopic (exact) mass is 450 g/mol. The van der Waals surface area contributed by atoms with Crippen molar-refractivity contribution in [3.8, 4) is 5.95 Å². The second-order valence-corrected chi connectivity index (χ2v) is 8.07. The van der Waals surface area contributed by atoms with Crippen LogP contribution in [0.15, 0.2) is 46.2 Å². The molecule has 2 aromatic heterocycles.